The fraction of sp³-hybridized carbons (Fsp3) is 0.435. The molecule has 1 fully saturated rings. The van der Waals surface area contributed by atoms with Gasteiger partial charge in [-0.05, 0) is 37.1 Å². The third kappa shape index (κ3) is 5.91. The van der Waals surface area contributed by atoms with Gasteiger partial charge in [0, 0.05) is 32.2 Å². The van der Waals surface area contributed by atoms with Crippen LogP contribution in [-0.2, 0) is 9.84 Å². The molecule has 1 heterocycles. The number of ether oxygens (including phenoxy) is 1. The Labute approximate surface area is 185 Å². The second kappa shape index (κ2) is 10.5. The Kier molecular flexibility index (Phi) is 7.79. The Balaban J connectivity index is 1.60. The molecule has 0 radical (unpaired) electrons. The van der Waals surface area contributed by atoms with Crippen LogP contribution in [0.1, 0.15) is 19.8 Å². The molecule has 31 heavy (non-hydrogen) atoms. The van der Waals surface area contributed by atoms with Crippen LogP contribution >= 0.6 is 0 Å². The van der Waals surface area contributed by atoms with Crippen LogP contribution in [0, 0.1) is 0 Å². The largest absolute Gasteiger partial charge is 0.495 e. The van der Waals surface area contributed by atoms with E-state index in [2.05, 4.69) is 26.6 Å². The minimum Gasteiger partial charge on any atom is -0.495 e. The van der Waals surface area contributed by atoms with Gasteiger partial charge in [-0.3, -0.25) is 4.99 Å². The predicted octanol–water partition coefficient (Wildman–Crippen LogP) is 2.69. The standard InChI is InChI=1S/C23H32N4O3S/c1-4-18(17-31(28,29)20-10-6-5-7-11-20)25-23(24-2)26-19-14-15-27(16-19)21-12-8-9-13-22(21)30-3/h5-13,18-19H,4,14-17H2,1-3H3,(H2,24,25,26). The molecule has 0 aromatic heterocycles. The summed E-state index contributed by atoms with van der Waals surface area (Å²) >= 11 is 0. The first-order valence-electron chi connectivity index (χ1n) is 10.6. The lowest BCUT2D eigenvalue weighted by molar-refractivity contribution is 0.415. The fourth-order valence-corrected chi connectivity index (χ4v) is 5.41. The number of sulfone groups is 1. The van der Waals surface area contributed by atoms with Crippen molar-refractivity contribution in [1.82, 2.24) is 10.6 Å². The van der Waals surface area contributed by atoms with E-state index < -0.39 is 9.84 Å². The van der Waals surface area contributed by atoms with Gasteiger partial charge >= 0.3 is 0 Å². The van der Waals surface area contributed by atoms with Crippen molar-refractivity contribution in [2.24, 2.45) is 4.99 Å². The number of benzene rings is 2. The molecular weight excluding hydrogens is 412 g/mol. The maximum Gasteiger partial charge on any atom is 0.191 e. The first-order chi connectivity index (χ1) is 15.0. The van der Waals surface area contributed by atoms with Gasteiger partial charge in [0.2, 0.25) is 0 Å². The van der Waals surface area contributed by atoms with Crippen LogP contribution in [0.3, 0.4) is 0 Å². The van der Waals surface area contributed by atoms with Gasteiger partial charge in [-0.15, -0.1) is 0 Å². The number of hydrogen-bond acceptors (Lipinski definition) is 5. The van der Waals surface area contributed by atoms with Crippen molar-refractivity contribution in [3.8, 4) is 5.75 Å². The summed E-state index contributed by atoms with van der Waals surface area (Å²) in [7, 11) is 0.0217. The zero-order chi connectivity index (χ0) is 22.3. The number of nitrogens with zero attached hydrogens (tertiary/aromatic N) is 2. The molecule has 168 valence electrons. The molecule has 2 atom stereocenters. The smallest absolute Gasteiger partial charge is 0.191 e. The molecule has 2 N–H and O–H groups in total. The molecule has 0 amide bonds. The summed E-state index contributed by atoms with van der Waals surface area (Å²) in [4.78, 5) is 6.97. The van der Waals surface area contributed by atoms with Gasteiger partial charge in [0.15, 0.2) is 15.8 Å². The maximum atomic E-state index is 12.8. The number of hydrogen-bond donors (Lipinski definition) is 2. The quantitative estimate of drug-likeness (QED) is 0.481. The lowest BCUT2D eigenvalue weighted by Crippen LogP contribution is -2.49. The van der Waals surface area contributed by atoms with Crippen LogP contribution in [0.15, 0.2) is 64.5 Å². The zero-order valence-corrected chi connectivity index (χ0v) is 19.2. The Morgan fingerprint density at radius 2 is 1.90 bits per heavy atom. The van der Waals surface area contributed by atoms with Gasteiger partial charge < -0.3 is 20.3 Å². The van der Waals surface area contributed by atoms with E-state index in [0.29, 0.717) is 17.3 Å². The zero-order valence-electron chi connectivity index (χ0n) is 18.4. The SMILES string of the molecule is CCC(CS(=O)(=O)c1ccccc1)NC(=NC)NC1CCN(c2ccccc2OC)C1. The first kappa shape index (κ1) is 22.9. The minimum absolute atomic E-state index is 0.0201. The number of guanidine groups is 1. The van der Waals surface area contributed by atoms with E-state index in [-0.39, 0.29) is 17.8 Å². The highest BCUT2D eigenvalue weighted by molar-refractivity contribution is 7.91. The molecule has 2 aromatic rings. The summed E-state index contributed by atoms with van der Waals surface area (Å²) in [6, 6.07) is 16.6. The van der Waals surface area contributed by atoms with Crippen LogP contribution < -0.4 is 20.3 Å². The van der Waals surface area contributed by atoms with E-state index in [1.807, 2.05) is 31.2 Å². The normalized spacial score (nSPS) is 18.0. The highest BCUT2D eigenvalue weighted by Gasteiger charge is 2.26. The van der Waals surface area contributed by atoms with E-state index in [1.54, 1.807) is 38.4 Å². The van der Waals surface area contributed by atoms with Crippen LogP contribution in [0.5, 0.6) is 5.75 Å². The topological polar surface area (TPSA) is 83.0 Å². The van der Waals surface area contributed by atoms with E-state index >= 15 is 0 Å². The highest BCUT2D eigenvalue weighted by atomic mass is 32.2. The molecule has 1 saturated heterocycles. The minimum atomic E-state index is -3.37. The summed E-state index contributed by atoms with van der Waals surface area (Å²) < 4.78 is 31.0. The second-order valence-corrected chi connectivity index (χ2v) is 9.70. The number of aliphatic imine (C=N–C) groups is 1. The Hall–Kier alpha value is -2.74. The molecule has 3 rings (SSSR count). The van der Waals surface area contributed by atoms with E-state index in [9.17, 15) is 8.42 Å². The number of para-hydroxylation sites is 2. The summed E-state index contributed by atoms with van der Waals surface area (Å²) in [5.41, 5.74) is 1.08. The van der Waals surface area contributed by atoms with Crippen molar-refractivity contribution < 1.29 is 13.2 Å². The second-order valence-electron chi connectivity index (χ2n) is 7.66. The average molecular weight is 445 g/mol. The molecule has 0 aliphatic carbocycles. The molecule has 8 heteroatoms. The Morgan fingerprint density at radius 1 is 1.19 bits per heavy atom. The number of rotatable bonds is 8. The predicted molar refractivity (Wildman–Crippen MR) is 126 cm³/mol. The molecule has 0 bridgehead atoms. The maximum absolute atomic E-state index is 12.8. The molecule has 0 spiro atoms. The van der Waals surface area contributed by atoms with Crippen molar-refractivity contribution in [3.05, 3.63) is 54.6 Å². The number of anilines is 1. The highest BCUT2D eigenvalue weighted by Crippen LogP contribution is 2.30. The van der Waals surface area contributed by atoms with Crippen molar-refractivity contribution in [3.63, 3.8) is 0 Å². The summed E-state index contributed by atoms with van der Waals surface area (Å²) in [6.07, 6.45) is 1.63. The summed E-state index contributed by atoms with van der Waals surface area (Å²) in [5.74, 6) is 1.51. The van der Waals surface area contributed by atoms with Crippen LogP contribution in [0.2, 0.25) is 0 Å². The van der Waals surface area contributed by atoms with Crippen molar-refractivity contribution in [2.75, 3.05) is 37.9 Å². The molecule has 2 unspecified atom stereocenters. The van der Waals surface area contributed by atoms with Crippen LogP contribution in [-0.4, -0.2) is 59.5 Å². The lowest BCUT2D eigenvalue weighted by Gasteiger charge is -2.24. The van der Waals surface area contributed by atoms with Gasteiger partial charge in [0.1, 0.15) is 5.75 Å². The molecular formula is C23H32N4O3S. The van der Waals surface area contributed by atoms with Crippen molar-refractivity contribution >= 4 is 21.5 Å². The molecule has 1 aliphatic rings. The van der Waals surface area contributed by atoms with Gasteiger partial charge in [-0.25, -0.2) is 8.42 Å². The van der Waals surface area contributed by atoms with Gasteiger partial charge in [0.25, 0.3) is 0 Å². The van der Waals surface area contributed by atoms with Crippen LogP contribution in [0.25, 0.3) is 0 Å². The number of methoxy groups -OCH3 is 1. The van der Waals surface area contributed by atoms with E-state index in [4.69, 9.17) is 4.74 Å². The van der Waals surface area contributed by atoms with Crippen molar-refractivity contribution in [2.45, 2.75) is 36.7 Å². The molecule has 7 nitrogen and oxygen atoms in total. The summed E-state index contributed by atoms with van der Waals surface area (Å²) in [6.45, 7) is 3.71. The fourth-order valence-electron chi connectivity index (χ4n) is 3.80. The first-order valence-corrected chi connectivity index (χ1v) is 12.3. The lowest BCUT2D eigenvalue weighted by atomic mass is 10.2. The third-order valence-corrected chi connectivity index (χ3v) is 7.37. The summed E-state index contributed by atoms with van der Waals surface area (Å²) in [5, 5.41) is 6.75. The molecule has 2 aromatic carbocycles. The Bertz CT molecular complexity index is 979. The average Bonchev–Trinajstić information content (AvgIpc) is 3.26. The molecule has 0 saturated carbocycles. The van der Waals surface area contributed by atoms with Crippen LogP contribution in [0.4, 0.5) is 5.69 Å². The van der Waals surface area contributed by atoms with E-state index in [1.165, 1.54) is 0 Å². The Morgan fingerprint density at radius 3 is 2.58 bits per heavy atom. The molecule has 1 aliphatic heterocycles. The van der Waals surface area contributed by atoms with E-state index in [0.717, 1.165) is 30.9 Å². The monoisotopic (exact) mass is 444 g/mol. The third-order valence-electron chi connectivity index (χ3n) is 5.54. The number of nitrogens with one attached hydrogen (secondary N) is 2. The van der Waals surface area contributed by atoms with Gasteiger partial charge in [-0.1, -0.05) is 37.3 Å². The van der Waals surface area contributed by atoms with Gasteiger partial charge in [-0.2, -0.15) is 0 Å². The van der Waals surface area contributed by atoms with Crippen molar-refractivity contribution in [1.29, 1.82) is 0 Å². The van der Waals surface area contributed by atoms with Gasteiger partial charge in [0.05, 0.1) is 23.4 Å².